The summed E-state index contributed by atoms with van der Waals surface area (Å²) >= 11 is 5.34. The molecule has 0 aliphatic heterocycles. The van der Waals surface area contributed by atoms with Gasteiger partial charge in [-0.25, -0.2) is 0 Å². The molecule has 1 aliphatic carbocycles. The van der Waals surface area contributed by atoms with Crippen molar-refractivity contribution in [2.45, 2.75) is 33.1 Å². The lowest BCUT2D eigenvalue weighted by molar-refractivity contribution is -0.151. The number of benzene rings is 2. The Morgan fingerprint density at radius 1 is 1.10 bits per heavy atom. The van der Waals surface area contributed by atoms with Crippen molar-refractivity contribution >= 4 is 17.6 Å². The zero-order chi connectivity index (χ0) is 22.1. The van der Waals surface area contributed by atoms with Crippen molar-refractivity contribution in [3.63, 3.8) is 0 Å². The Kier molecular flexibility index (Phi) is 6.18. The Morgan fingerprint density at radius 3 is 2.37 bits per heavy atom. The molecule has 1 saturated carbocycles. The molecule has 2 aromatic rings. The van der Waals surface area contributed by atoms with Crippen LogP contribution in [0.5, 0.6) is 11.5 Å². The van der Waals surface area contributed by atoms with E-state index in [0.29, 0.717) is 11.5 Å². The minimum Gasteiger partial charge on any atom is -0.458 e. The molecule has 0 heterocycles. The first kappa shape index (κ1) is 22.2. The first-order chi connectivity index (χ1) is 14.0. The van der Waals surface area contributed by atoms with E-state index in [9.17, 15) is 18.0 Å². The summed E-state index contributed by atoms with van der Waals surface area (Å²) in [6.07, 6.45) is -4.30. The molecule has 1 aliphatic rings. The normalized spacial score (nSPS) is 21.6. The van der Waals surface area contributed by atoms with Gasteiger partial charge in [-0.05, 0) is 48.1 Å². The zero-order valence-corrected chi connectivity index (χ0v) is 17.5. The standard InChI is InChI=1S/C23H22ClF3O3/c1-14(15-8-7-11-17(12-15)30-16-9-5-4-6-10-16)29-21(28)20-18(22(20,2)3)13-19(24)23(25,26)27/h4-14,18,20H,1-3H3/b19-13-/t14?,18-,20-/m0/s1. The fourth-order valence-electron chi connectivity index (χ4n) is 3.46. The second-order valence-electron chi connectivity index (χ2n) is 7.90. The third-order valence-corrected chi connectivity index (χ3v) is 5.70. The van der Waals surface area contributed by atoms with Crippen molar-refractivity contribution in [3.05, 3.63) is 71.3 Å². The van der Waals surface area contributed by atoms with E-state index in [2.05, 4.69) is 0 Å². The lowest BCUT2D eigenvalue weighted by Gasteiger charge is -2.15. The Hall–Kier alpha value is -2.47. The Balaban J connectivity index is 1.67. The van der Waals surface area contributed by atoms with Gasteiger partial charge in [0.1, 0.15) is 22.6 Å². The number of alkyl halides is 3. The highest BCUT2D eigenvalue weighted by Crippen LogP contribution is 2.60. The molecule has 0 radical (unpaired) electrons. The third kappa shape index (κ3) is 4.98. The minimum absolute atomic E-state index is 0.547. The highest BCUT2D eigenvalue weighted by Gasteiger charge is 2.62. The van der Waals surface area contributed by atoms with E-state index in [4.69, 9.17) is 21.1 Å². The second-order valence-corrected chi connectivity index (χ2v) is 8.31. The molecular formula is C23H22ClF3O3. The van der Waals surface area contributed by atoms with Gasteiger partial charge in [0.25, 0.3) is 0 Å². The van der Waals surface area contributed by atoms with Gasteiger partial charge in [-0.1, -0.05) is 61.9 Å². The van der Waals surface area contributed by atoms with Gasteiger partial charge in [-0.3, -0.25) is 4.79 Å². The first-order valence-corrected chi connectivity index (χ1v) is 9.86. The number of carbonyl (C=O) groups is 1. The van der Waals surface area contributed by atoms with Crippen molar-refractivity contribution < 1.29 is 27.4 Å². The topological polar surface area (TPSA) is 35.5 Å². The number of esters is 1. The summed E-state index contributed by atoms with van der Waals surface area (Å²) in [5.41, 5.74) is 0.0659. The molecule has 3 atom stereocenters. The van der Waals surface area contributed by atoms with Crippen LogP contribution in [0.15, 0.2) is 65.7 Å². The Labute approximate surface area is 178 Å². The number of para-hydroxylation sites is 1. The summed E-state index contributed by atoms with van der Waals surface area (Å²) < 4.78 is 49.5. The average molecular weight is 439 g/mol. The van der Waals surface area contributed by atoms with Crippen LogP contribution >= 0.6 is 11.6 Å². The predicted molar refractivity (Wildman–Crippen MR) is 108 cm³/mol. The summed E-state index contributed by atoms with van der Waals surface area (Å²) in [5.74, 6) is -0.588. The van der Waals surface area contributed by atoms with E-state index >= 15 is 0 Å². The summed E-state index contributed by atoms with van der Waals surface area (Å²) in [4.78, 5) is 12.6. The van der Waals surface area contributed by atoms with E-state index in [-0.39, 0.29) is 0 Å². The van der Waals surface area contributed by atoms with Crippen molar-refractivity contribution in [2.75, 3.05) is 0 Å². The lowest BCUT2D eigenvalue weighted by Crippen LogP contribution is -2.14. The number of hydrogen-bond acceptors (Lipinski definition) is 3. The van der Waals surface area contributed by atoms with Gasteiger partial charge >= 0.3 is 12.1 Å². The summed E-state index contributed by atoms with van der Waals surface area (Å²) in [6.45, 7) is 5.15. The van der Waals surface area contributed by atoms with E-state index in [1.54, 1.807) is 45.0 Å². The van der Waals surface area contributed by atoms with Crippen molar-refractivity contribution in [1.82, 2.24) is 0 Å². The molecule has 1 unspecified atom stereocenters. The molecular weight excluding hydrogens is 417 g/mol. The lowest BCUT2D eigenvalue weighted by atomic mass is 10.1. The summed E-state index contributed by atoms with van der Waals surface area (Å²) in [5, 5.41) is -1.21. The van der Waals surface area contributed by atoms with Crippen LogP contribution in [0, 0.1) is 17.3 Å². The highest BCUT2D eigenvalue weighted by molar-refractivity contribution is 6.30. The van der Waals surface area contributed by atoms with Crippen LogP contribution in [-0.4, -0.2) is 12.1 Å². The van der Waals surface area contributed by atoms with Crippen LogP contribution in [0.25, 0.3) is 0 Å². The molecule has 0 amide bonds. The van der Waals surface area contributed by atoms with Gasteiger partial charge in [0.2, 0.25) is 0 Å². The summed E-state index contributed by atoms with van der Waals surface area (Å²) in [7, 11) is 0. The largest absolute Gasteiger partial charge is 0.458 e. The molecule has 0 bridgehead atoms. The van der Waals surface area contributed by atoms with Crippen molar-refractivity contribution in [3.8, 4) is 11.5 Å². The fourth-order valence-corrected chi connectivity index (χ4v) is 3.60. The predicted octanol–water partition coefficient (Wildman–Crippen LogP) is 7.04. The van der Waals surface area contributed by atoms with Crippen molar-refractivity contribution in [1.29, 1.82) is 0 Å². The molecule has 3 nitrogen and oxygen atoms in total. The van der Waals surface area contributed by atoms with Crippen LogP contribution in [0.3, 0.4) is 0 Å². The molecule has 3 rings (SSSR count). The molecule has 160 valence electrons. The highest BCUT2D eigenvalue weighted by atomic mass is 35.5. The van der Waals surface area contributed by atoms with Gasteiger partial charge in [0.15, 0.2) is 0 Å². The van der Waals surface area contributed by atoms with Gasteiger partial charge in [0, 0.05) is 0 Å². The maximum absolute atomic E-state index is 12.7. The van der Waals surface area contributed by atoms with E-state index in [1.165, 1.54) is 0 Å². The molecule has 30 heavy (non-hydrogen) atoms. The first-order valence-electron chi connectivity index (χ1n) is 9.48. The number of rotatable bonds is 6. The van der Waals surface area contributed by atoms with Gasteiger partial charge in [0.05, 0.1) is 5.92 Å². The zero-order valence-electron chi connectivity index (χ0n) is 16.7. The Bertz CT molecular complexity index is 938. The number of hydrogen-bond donors (Lipinski definition) is 0. The monoisotopic (exact) mass is 438 g/mol. The van der Waals surface area contributed by atoms with Crippen molar-refractivity contribution in [2.24, 2.45) is 17.3 Å². The van der Waals surface area contributed by atoms with Crippen LogP contribution < -0.4 is 4.74 Å². The second kappa shape index (κ2) is 8.34. The number of halogens is 4. The number of ether oxygens (including phenoxy) is 2. The fraction of sp³-hybridized carbons (Fsp3) is 0.348. The van der Waals surface area contributed by atoms with E-state index < -0.39 is 40.5 Å². The average Bonchev–Trinajstić information content (AvgIpc) is 3.22. The van der Waals surface area contributed by atoms with Crippen LogP contribution in [0.4, 0.5) is 13.2 Å². The molecule has 1 fully saturated rings. The SMILES string of the molecule is CC(OC(=O)[C@@H]1[C@H](/C=C(\Cl)C(F)(F)F)C1(C)C)c1cccc(Oc2ccccc2)c1. The molecule has 2 aromatic carbocycles. The molecule has 0 saturated heterocycles. The quantitative estimate of drug-likeness (QED) is 0.454. The third-order valence-electron chi connectivity index (χ3n) is 5.36. The maximum Gasteiger partial charge on any atom is 0.426 e. The number of carbonyl (C=O) groups excluding carboxylic acids is 1. The molecule has 0 aromatic heterocycles. The van der Waals surface area contributed by atoms with Gasteiger partial charge in [-0.2, -0.15) is 13.2 Å². The molecule has 7 heteroatoms. The van der Waals surface area contributed by atoms with Crippen LogP contribution in [-0.2, 0) is 9.53 Å². The smallest absolute Gasteiger partial charge is 0.426 e. The molecule has 0 spiro atoms. The Morgan fingerprint density at radius 2 is 1.73 bits per heavy atom. The maximum atomic E-state index is 12.7. The van der Waals surface area contributed by atoms with Crippen LogP contribution in [0.2, 0.25) is 0 Å². The van der Waals surface area contributed by atoms with Crippen LogP contribution in [0.1, 0.15) is 32.4 Å². The van der Waals surface area contributed by atoms with Gasteiger partial charge < -0.3 is 9.47 Å². The van der Waals surface area contributed by atoms with E-state index in [0.717, 1.165) is 11.6 Å². The molecule has 0 N–H and O–H groups in total. The number of allylic oxidation sites excluding steroid dienone is 2. The van der Waals surface area contributed by atoms with Gasteiger partial charge in [-0.15, -0.1) is 0 Å². The van der Waals surface area contributed by atoms with E-state index in [1.807, 2.05) is 30.3 Å². The summed E-state index contributed by atoms with van der Waals surface area (Å²) in [6, 6.07) is 16.4. The minimum atomic E-state index is -4.62.